The number of rotatable bonds is 12. The zero-order chi connectivity index (χ0) is 16.6. The number of nitrogens with one attached hydrogen (secondary N) is 2. The maximum atomic E-state index is 5.85. The molecular formula is C17H35N3O3. The summed E-state index contributed by atoms with van der Waals surface area (Å²) in [5.74, 6) is 0.852. The lowest BCUT2D eigenvalue weighted by molar-refractivity contribution is -0.0320. The molecule has 0 atom stereocenters. The molecule has 0 radical (unpaired) electrons. The lowest BCUT2D eigenvalue weighted by Gasteiger charge is -2.22. The smallest absolute Gasteiger partial charge is 0.190 e. The summed E-state index contributed by atoms with van der Waals surface area (Å²) in [7, 11) is 1.80. The first kappa shape index (κ1) is 20.2. The first-order chi connectivity index (χ1) is 11.4. The summed E-state index contributed by atoms with van der Waals surface area (Å²) >= 11 is 0. The zero-order valence-electron chi connectivity index (χ0n) is 14.9. The largest absolute Gasteiger partial charge is 0.381 e. The van der Waals surface area contributed by atoms with Gasteiger partial charge in [-0.2, -0.15) is 0 Å². The van der Waals surface area contributed by atoms with Gasteiger partial charge < -0.3 is 24.8 Å². The topological polar surface area (TPSA) is 64.1 Å². The van der Waals surface area contributed by atoms with Crippen LogP contribution in [-0.4, -0.2) is 65.2 Å². The lowest BCUT2D eigenvalue weighted by atomic mass is 10.1. The van der Waals surface area contributed by atoms with Crippen LogP contribution in [0.2, 0.25) is 0 Å². The normalized spacial score (nSPS) is 16.5. The third-order valence-corrected chi connectivity index (χ3v) is 3.76. The fraction of sp³-hybridized carbons (Fsp3) is 0.941. The van der Waals surface area contributed by atoms with Crippen molar-refractivity contribution in [3.63, 3.8) is 0 Å². The molecule has 1 fully saturated rings. The van der Waals surface area contributed by atoms with E-state index in [4.69, 9.17) is 14.2 Å². The van der Waals surface area contributed by atoms with Crippen molar-refractivity contribution >= 4 is 5.96 Å². The Hall–Kier alpha value is -0.850. The zero-order valence-corrected chi connectivity index (χ0v) is 14.9. The van der Waals surface area contributed by atoms with Gasteiger partial charge in [0.1, 0.15) is 0 Å². The van der Waals surface area contributed by atoms with Crippen LogP contribution >= 0.6 is 0 Å². The van der Waals surface area contributed by atoms with Crippen molar-refractivity contribution in [3.8, 4) is 0 Å². The molecule has 0 spiro atoms. The molecule has 1 rings (SSSR count). The Morgan fingerprint density at radius 1 is 1.04 bits per heavy atom. The summed E-state index contributed by atoms with van der Waals surface area (Å²) in [6, 6.07) is 0. The van der Waals surface area contributed by atoms with Gasteiger partial charge in [0.05, 0.1) is 6.10 Å². The quantitative estimate of drug-likeness (QED) is 0.325. The second-order valence-corrected chi connectivity index (χ2v) is 5.78. The van der Waals surface area contributed by atoms with E-state index in [1.165, 1.54) is 6.42 Å². The Kier molecular flexibility index (Phi) is 12.9. The van der Waals surface area contributed by atoms with E-state index in [1.807, 2.05) is 0 Å². The van der Waals surface area contributed by atoms with Gasteiger partial charge in [-0.05, 0) is 32.1 Å². The van der Waals surface area contributed by atoms with E-state index in [0.717, 1.165) is 84.2 Å². The van der Waals surface area contributed by atoms with E-state index in [1.54, 1.807) is 7.05 Å². The van der Waals surface area contributed by atoms with Crippen LogP contribution in [0.15, 0.2) is 4.99 Å². The minimum atomic E-state index is 0.383. The molecule has 0 aromatic carbocycles. The molecule has 1 saturated heterocycles. The van der Waals surface area contributed by atoms with Crippen LogP contribution in [0, 0.1) is 0 Å². The Bertz CT molecular complexity index is 295. The molecule has 0 saturated carbocycles. The Morgan fingerprint density at radius 2 is 1.70 bits per heavy atom. The van der Waals surface area contributed by atoms with E-state index < -0.39 is 0 Å². The van der Waals surface area contributed by atoms with E-state index >= 15 is 0 Å². The molecule has 1 aliphatic rings. The predicted molar refractivity (Wildman–Crippen MR) is 94.1 cm³/mol. The molecule has 0 aromatic heterocycles. The van der Waals surface area contributed by atoms with Gasteiger partial charge in [0.2, 0.25) is 0 Å². The highest BCUT2D eigenvalue weighted by Crippen LogP contribution is 2.10. The van der Waals surface area contributed by atoms with Crippen LogP contribution in [0.25, 0.3) is 0 Å². The van der Waals surface area contributed by atoms with Crippen molar-refractivity contribution in [1.82, 2.24) is 10.6 Å². The highest BCUT2D eigenvalue weighted by atomic mass is 16.5. The third kappa shape index (κ3) is 11.3. The van der Waals surface area contributed by atoms with Crippen LogP contribution in [0.1, 0.15) is 45.4 Å². The molecule has 0 unspecified atom stereocenters. The molecule has 0 aromatic rings. The summed E-state index contributed by atoms with van der Waals surface area (Å²) in [4.78, 5) is 4.22. The van der Waals surface area contributed by atoms with E-state index in [0.29, 0.717) is 6.10 Å². The van der Waals surface area contributed by atoms with Crippen LogP contribution < -0.4 is 10.6 Å². The average Bonchev–Trinajstić information content (AvgIpc) is 2.59. The van der Waals surface area contributed by atoms with Gasteiger partial charge >= 0.3 is 0 Å². The fourth-order valence-corrected chi connectivity index (χ4v) is 2.32. The van der Waals surface area contributed by atoms with Crippen LogP contribution in [0.3, 0.4) is 0 Å². The maximum absolute atomic E-state index is 5.85. The average molecular weight is 329 g/mol. The minimum absolute atomic E-state index is 0.383. The molecule has 0 bridgehead atoms. The molecule has 0 aliphatic carbocycles. The molecule has 1 heterocycles. The van der Waals surface area contributed by atoms with Crippen molar-refractivity contribution in [2.45, 2.75) is 51.6 Å². The summed E-state index contributed by atoms with van der Waals surface area (Å²) in [6.07, 6.45) is 6.75. The number of aliphatic imine (C=N–C) groups is 1. The van der Waals surface area contributed by atoms with Crippen molar-refractivity contribution in [3.05, 3.63) is 0 Å². The number of hydrogen-bond donors (Lipinski definition) is 2. The highest BCUT2D eigenvalue weighted by molar-refractivity contribution is 5.79. The number of hydrogen-bond acceptors (Lipinski definition) is 4. The van der Waals surface area contributed by atoms with Crippen molar-refractivity contribution in [2.75, 3.05) is 53.2 Å². The number of guanidine groups is 1. The molecule has 0 amide bonds. The number of ether oxygens (including phenoxy) is 3. The van der Waals surface area contributed by atoms with Crippen LogP contribution in [0.5, 0.6) is 0 Å². The van der Waals surface area contributed by atoms with Gasteiger partial charge in [0.15, 0.2) is 5.96 Å². The van der Waals surface area contributed by atoms with E-state index in [9.17, 15) is 0 Å². The SMILES string of the molecule is CCCCOCCCNC(=NC)NCCCOC1CCOCC1. The monoisotopic (exact) mass is 329 g/mol. The van der Waals surface area contributed by atoms with Crippen LogP contribution in [-0.2, 0) is 14.2 Å². The standard InChI is InChI=1S/C17H35N3O3/c1-3-4-11-21-12-5-9-19-17(18-2)20-10-6-13-23-16-7-14-22-15-8-16/h16H,3-15H2,1-2H3,(H2,18,19,20). The minimum Gasteiger partial charge on any atom is -0.381 e. The molecule has 23 heavy (non-hydrogen) atoms. The van der Waals surface area contributed by atoms with Gasteiger partial charge in [0, 0.05) is 53.2 Å². The summed E-state index contributed by atoms with van der Waals surface area (Å²) < 4.78 is 16.7. The summed E-state index contributed by atoms with van der Waals surface area (Å²) in [6.45, 7) is 8.07. The van der Waals surface area contributed by atoms with Gasteiger partial charge in [-0.3, -0.25) is 4.99 Å². The highest BCUT2D eigenvalue weighted by Gasteiger charge is 2.13. The van der Waals surface area contributed by atoms with Crippen molar-refractivity contribution in [2.24, 2.45) is 4.99 Å². The fourth-order valence-electron chi connectivity index (χ4n) is 2.32. The van der Waals surface area contributed by atoms with Gasteiger partial charge in [-0.1, -0.05) is 13.3 Å². The first-order valence-electron chi connectivity index (χ1n) is 9.08. The molecule has 1 aliphatic heterocycles. The lowest BCUT2D eigenvalue weighted by Crippen LogP contribution is -2.38. The Morgan fingerprint density at radius 3 is 2.35 bits per heavy atom. The van der Waals surface area contributed by atoms with Gasteiger partial charge in [0.25, 0.3) is 0 Å². The molecule has 6 nitrogen and oxygen atoms in total. The van der Waals surface area contributed by atoms with Gasteiger partial charge in [-0.15, -0.1) is 0 Å². The van der Waals surface area contributed by atoms with Gasteiger partial charge in [-0.25, -0.2) is 0 Å². The summed E-state index contributed by atoms with van der Waals surface area (Å²) in [5.41, 5.74) is 0. The van der Waals surface area contributed by atoms with Crippen molar-refractivity contribution < 1.29 is 14.2 Å². The number of unbranched alkanes of at least 4 members (excludes halogenated alkanes) is 1. The first-order valence-corrected chi connectivity index (χ1v) is 9.08. The number of nitrogens with zero attached hydrogens (tertiary/aromatic N) is 1. The predicted octanol–water partition coefficient (Wildman–Crippen LogP) is 1.94. The third-order valence-electron chi connectivity index (χ3n) is 3.76. The van der Waals surface area contributed by atoms with E-state index in [-0.39, 0.29) is 0 Å². The maximum Gasteiger partial charge on any atom is 0.190 e. The Labute approximate surface area is 141 Å². The summed E-state index contributed by atoms with van der Waals surface area (Å²) in [5, 5.41) is 6.61. The van der Waals surface area contributed by atoms with E-state index in [2.05, 4.69) is 22.5 Å². The van der Waals surface area contributed by atoms with Crippen molar-refractivity contribution in [1.29, 1.82) is 0 Å². The molecule has 2 N–H and O–H groups in total. The van der Waals surface area contributed by atoms with Crippen LogP contribution in [0.4, 0.5) is 0 Å². The Balaban J connectivity index is 1.90. The molecule has 6 heteroatoms. The second-order valence-electron chi connectivity index (χ2n) is 5.78. The molecular weight excluding hydrogens is 294 g/mol. The molecule has 136 valence electrons. The second kappa shape index (κ2) is 14.7.